The zero-order chi connectivity index (χ0) is 12.8. The van der Waals surface area contributed by atoms with E-state index in [1.165, 1.54) is 32.1 Å². The van der Waals surface area contributed by atoms with Crippen LogP contribution < -0.4 is 5.73 Å². The van der Waals surface area contributed by atoms with E-state index < -0.39 is 0 Å². The molecule has 5 nitrogen and oxygen atoms in total. The summed E-state index contributed by atoms with van der Waals surface area (Å²) in [6, 6.07) is 0.638. The highest BCUT2D eigenvalue weighted by Crippen LogP contribution is 2.22. The van der Waals surface area contributed by atoms with Crippen molar-refractivity contribution >= 4 is 5.69 Å². The molecule has 0 spiro atoms. The number of anilines is 1. The fraction of sp³-hybridized carbons (Fsp3) is 0.769. The number of aliphatic hydroxyl groups is 1. The van der Waals surface area contributed by atoms with Gasteiger partial charge in [0.25, 0.3) is 0 Å². The van der Waals surface area contributed by atoms with Gasteiger partial charge in [0.05, 0.1) is 25.0 Å². The summed E-state index contributed by atoms with van der Waals surface area (Å²) in [6.07, 6.45) is 10.1. The lowest BCUT2D eigenvalue weighted by atomic mass is 9.94. The van der Waals surface area contributed by atoms with Crippen molar-refractivity contribution in [3.05, 3.63) is 12.4 Å². The van der Waals surface area contributed by atoms with Gasteiger partial charge in [-0.25, -0.2) is 0 Å². The van der Waals surface area contributed by atoms with E-state index in [2.05, 4.69) is 10.00 Å². The van der Waals surface area contributed by atoms with Crippen LogP contribution in [0.4, 0.5) is 5.69 Å². The molecule has 0 radical (unpaired) electrons. The molecule has 0 amide bonds. The molecular weight excluding hydrogens is 228 g/mol. The molecule has 0 atom stereocenters. The molecule has 5 heteroatoms. The van der Waals surface area contributed by atoms with Gasteiger partial charge in [-0.15, -0.1) is 0 Å². The first-order chi connectivity index (χ1) is 8.79. The molecule has 0 unspecified atom stereocenters. The van der Waals surface area contributed by atoms with E-state index in [0.29, 0.717) is 11.7 Å². The van der Waals surface area contributed by atoms with E-state index in [9.17, 15) is 5.11 Å². The molecule has 1 aromatic heterocycles. The van der Waals surface area contributed by atoms with E-state index in [1.807, 2.05) is 10.9 Å². The van der Waals surface area contributed by atoms with Gasteiger partial charge in [-0.05, 0) is 12.8 Å². The minimum absolute atomic E-state index is 0.234. The predicted octanol–water partition coefficient (Wildman–Crippen LogP) is 1.09. The number of nitrogen functional groups attached to an aromatic ring is 1. The lowest BCUT2D eigenvalue weighted by molar-refractivity contribution is 0.119. The third kappa shape index (κ3) is 3.71. The molecule has 102 valence electrons. The van der Waals surface area contributed by atoms with Crippen molar-refractivity contribution in [1.29, 1.82) is 0 Å². The van der Waals surface area contributed by atoms with Gasteiger partial charge >= 0.3 is 0 Å². The maximum absolute atomic E-state index is 9.18. The van der Waals surface area contributed by atoms with Crippen LogP contribution in [0.1, 0.15) is 32.1 Å². The highest BCUT2D eigenvalue weighted by molar-refractivity contribution is 5.30. The fourth-order valence-corrected chi connectivity index (χ4v) is 2.78. The highest BCUT2D eigenvalue weighted by Gasteiger charge is 2.20. The van der Waals surface area contributed by atoms with Crippen molar-refractivity contribution in [3.63, 3.8) is 0 Å². The fourth-order valence-electron chi connectivity index (χ4n) is 2.78. The van der Waals surface area contributed by atoms with E-state index in [0.717, 1.165) is 19.6 Å². The first-order valence-corrected chi connectivity index (χ1v) is 6.92. The second kappa shape index (κ2) is 6.75. The Morgan fingerprint density at radius 1 is 1.33 bits per heavy atom. The van der Waals surface area contributed by atoms with Crippen molar-refractivity contribution in [2.75, 3.05) is 25.4 Å². The van der Waals surface area contributed by atoms with Gasteiger partial charge in [-0.3, -0.25) is 9.58 Å². The molecule has 2 rings (SSSR count). The van der Waals surface area contributed by atoms with Crippen LogP contribution in [0.3, 0.4) is 0 Å². The van der Waals surface area contributed by atoms with E-state index in [4.69, 9.17) is 5.73 Å². The molecule has 18 heavy (non-hydrogen) atoms. The van der Waals surface area contributed by atoms with Crippen LogP contribution >= 0.6 is 0 Å². The van der Waals surface area contributed by atoms with Gasteiger partial charge in [-0.2, -0.15) is 5.10 Å². The van der Waals surface area contributed by atoms with Gasteiger partial charge in [-0.1, -0.05) is 19.3 Å². The predicted molar refractivity (Wildman–Crippen MR) is 72.2 cm³/mol. The van der Waals surface area contributed by atoms with Crippen LogP contribution in [0.25, 0.3) is 0 Å². The Morgan fingerprint density at radius 3 is 2.72 bits per heavy atom. The summed E-state index contributed by atoms with van der Waals surface area (Å²) in [5, 5.41) is 13.4. The number of hydrogen-bond acceptors (Lipinski definition) is 4. The average Bonchev–Trinajstić information content (AvgIpc) is 2.81. The molecule has 0 saturated heterocycles. The number of hydrogen-bond donors (Lipinski definition) is 2. The van der Waals surface area contributed by atoms with Crippen LogP contribution in [0, 0.1) is 0 Å². The highest BCUT2D eigenvalue weighted by atomic mass is 16.3. The van der Waals surface area contributed by atoms with Crippen LogP contribution in [0.15, 0.2) is 12.4 Å². The van der Waals surface area contributed by atoms with Gasteiger partial charge in [0.2, 0.25) is 0 Å². The second-order valence-electron chi connectivity index (χ2n) is 5.09. The second-order valence-corrected chi connectivity index (χ2v) is 5.09. The SMILES string of the molecule is Nc1cnn(CCN(CCO)C2CCCCC2)c1. The summed E-state index contributed by atoms with van der Waals surface area (Å²) < 4.78 is 1.88. The first kappa shape index (κ1) is 13.4. The monoisotopic (exact) mass is 252 g/mol. The molecule has 1 aliphatic carbocycles. The number of nitrogens with two attached hydrogens (primary N) is 1. The molecular formula is C13H24N4O. The summed E-state index contributed by atoms with van der Waals surface area (Å²) in [5.41, 5.74) is 6.36. The third-order valence-corrected chi connectivity index (χ3v) is 3.75. The van der Waals surface area contributed by atoms with Crippen molar-refractivity contribution in [1.82, 2.24) is 14.7 Å². The summed E-state index contributed by atoms with van der Waals surface area (Å²) in [4.78, 5) is 2.40. The van der Waals surface area contributed by atoms with Crippen LogP contribution in [0.5, 0.6) is 0 Å². The molecule has 1 fully saturated rings. The van der Waals surface area contributed by atoms with Crippen molar-refractivity contribution in [2.45, 2.75) is 44.7 Å². The largest absolute Gasteiger partial charge is 0.396 e. The first-order valence-electron chi connectivity index (χ1n) is 6.92. The van der Waals surface area contributed by atoms with E-state index >= 15 is 0 Å². The molecule has 0 bridgehead atoms. The smallest absolute Gasteiger partial charge is 0.0719 e. The molecule has 0 aromatic carbocycles. The Hall–Kier alpha value is -1.07. The summed E-state index contributed by atoms with van der Waals surface area (Å²) in [5.74, 6) is 0. The topological polar surface area (TPSA) is 67.3 Å². The minimum Gasteiger partial charge on any atom is -0.396 e. The Balaban J connectivity index is 1.85. The average molecular weight is 252 g/mol. The summed E-state index contributed by atoms with van der Waals surface area (Å²) in [7, 11) is 0. The zero-order valence-corrected chi connectivity index (χ0v) is 11.0. The maximum atomic E-state index is 9.18. The Labute approximate surface area is 109 Å². The molecule has 3 N–H and O–H groups in total. The summed E-state index contributed by atoms with van der Waals surface area (Å²) in [6.45, 7) is 2.78. The molecule has 1 heterocycles. The van der Waals surface area contributed by atoms with E-state index in [1.54, 1.807) is 6.20 Å². The number of aliphatic hydroxyl groups excluding tert-OH is 1. The Kier molecular flexibility index (Phi) is 5.01. The van der Waals surface area contributed by atoms with Gasteiger partial charge in [0.1, 0.15) is 0 Å². The maximum Gasteiger partial charge on any atom is 0.0719 e. The standard InChI is InChI=1S/C13H24N4O/c14-12-10-15-17(11-12)7-6-16(8-9-18)13-4-2-1-3-5-13/h10-11,13,18H,1-9,14H2. The lowest BCUT2D eigenvalue weighted by Gasteiger charge is -2.33. The van der Waals surface area contributed by atoms with Crippen LogP contribution in [-0.2, 0) is 6.54 Å². The number of aromatic nitrogens is 2. The summed E-state index contributed by atoms with van der Waals surface area (Å²) >= 11 is 0. The van der Waals surface area contributed by atoms with Crippen LogP contribution in [-0.4, -0.2) is 45.5 Å². The third-order valence-electron chi connectivity index (χ3n) is 3.75. The Bertz CT molecular complexity index is 347. The number of nitrogens with zero attached hydrogens (tertiary/aromatic N) is 3. The van der Waals surface area contributed by atoms with Gasteiger partial charge in [0.15, 0.2) is 0 Å². The quantitative estimate of drug-likeness (QED) is 0.795. The normalized spacial score (nSPS) is 17.4. The minimum atomic E-state index is 0.234. The van der Waals surface area contributed by atoms with Crippen molar-refractivity contribution in [2.24, 2.45) is 0 Å². The van der Waals surface area contributed by atoms with Gasteiger partial charge < -0.3 is 10.8 Å². The van der Waals surface area contributed by atoms with Gasteiger partial charge in [0, 0.05) is 25.3 Å². The molecule has 1 aromatic rings. The van der Waals surface area contributed by atoms with Crippen molar-refractivity contribution in [3.8, 4) is 0 Å². The van der Waals surface area contributed by atoms with E-state index in [-0.39, 0.29) is 6.61 Å². The van der Waals surface area contributed by atoms with Crippen LogP contribution in [0.2, 0.25) is 0 Å². The number of rotatable bonds is 6. The van der Waals surface area contributed by atoms with Crippen molar-refractivity contribution < 1.29 is 5.11 Å². The molecule has 1 aliphatic rings. The Morgan fingerprint density at radius 2 is 2.11 bits per heavy atom. The molecule has 1 saturated carbocycles. The molecule has 0 aliphatic heterocycles. The zero-order valence-electron chi connectivity index (χ0n) is 11.0. The lowest BCUT2D eigenvalue weighted by Crippen LogP contribution is -2.40.